The second-order valence-corrected chi connectivity index (χ2v) is 6.22. The van der Waals surface area contributed by atoms with Crippen LogP contribution in [0.25, 0.3) is 0 Å². The van der Waals surface area contributed by atoms with Crippen LogP contribution in [0.15, 0.2) is 36.4 Å². The van der Waals surface area contributed by atoms with Gasteiger partial charge in [0.1, 0.15) is 0 Å². The lowest BCUT2D eigenvalue weighted by Crippen LogP contribution is -2.30. The minimum Gasteiger partial charge on any atom is -0.366 e. The summed E-state index contributed by atoms with van der Waals surface area (Å²) < 4.78 is 0. The molecule has 4 heteroatoms. The van der Waals surface area contributed by atoms with Crippen molar-refractivity contribution in [2.24, 2.45) is 5.73 Å². The smallest absolute Gasteiger partial charge is 0.0676 e. The number of nitrogens with two attached hydrogens (primary N) is 1. The number of hydrogen-bond donors (Lipinski definition) is 1. The van der Waals surface area contributed by atoms with Crippen LogP contribution in [0.5, 0.6) is 0 Å². The van der Waals surface area contributed by atoms with Crippen LogP contribution in [0.3, 0.4) is 0 Å². The highest BCUT2D eigenvalue weighted by Gasteiger charge is 2.19. The first kappa shape index (κ1) is 16.2. The molecule has 0 aliphatic rings. The number of benzene rings is 2. The van der Waals surface area contributed by atoms with Crippen LogP contribution in [0.1, 0.15) is 22.7 Å². The van der Waals surface area contributed by atoms with Gasteiger partial charge in [-0.3, -0.25) is 0 Å². The largest absolute Gasteiger partial charge is 0.366 e. The third-order valence-electron chi connectivity index (χ3n) is 3.63. The molecule has 0 spiro atoms. The fraction of sp³-hybridized carbons (Fsp3) is 0.294. The SMILES string of the molecule is Cc1cc(C)cc(N(C)C(CN)c2ccc(Cl)cc2Cl)c1. The molecule has 2 rings (SSSR count). The number of nitrogens with zero attached hydrogens (tertiary/aromatic N) is 1. The Kier molecular flexibility index (Phi) is 5.15. The van der Waals surface area contributed by atoms with Gasteiger partial charge in [0, 0.05) is 29.3 Å². The second kappa shape index (κ2) is 6.69. The van der Waals surface area contributed by atoms with Crippen LogP contribution >= 0.6 is 23.2 Å². The van der Waals surface area contributed by atoms with E-state index in [0.717, 1.165) is 11.3 Å². The van der Waals surface area contributed by atoms with Gasteiger partial charge in [-0.15, -0.1) is 0 Å². The predicted octanol–water partition coefficient (Wildman–Crippen LogP) is 4.75. The number of halogens is 2. The standard InChI is InChI=1S/C17H20Cl2N2/c1-11-6-12(2)8-14(7-11)21(3)17(10-20)15-5-4-13(18)9-16(15)19/h4-9,17H,10,20H2,1-3H3. The molecule has 0 amide bonds. The minimum absolute atomic E-state index is 0.0102. The van der Waals surface area contributed by atoms with Gasteiger partial charge in [-0.25, -0.2) is 0 Å². The van der Waals surface area contributed by atoms with Crippen molar-refractivity contribution in [1.29, 1.82) is 0 Å². The molecular formula is C17H20Cl2N2. The quantitative estimate of drug-likeness (QED) is 0.880. The van der Waals surface area contributed by atoms with Crippen molar-refractivity contribution >= 4 is 28.9 Å². The van der Waals surface area contributed by atoms with Crippen LogP contribution in [0.4, 0.5) is 5.69 Å². The van der Waals surface area contributed by atoms with E-state index in [0.29, 0.717) is 16.6 Å². The van der Waals surface area contributed by atoms with Crippen molar-refractivity contribution in [2.75, 3.05) is 18.5 Å². The second-order valence-electron chi connectivity index (χ2n) is 5.37. The lowest BCUT2D eigenvalue weighted by molar-refractivity contribution is 0.680. The molecule has 0 aromatic heterocycles. The highest BCUT2D eigenvalue weighted by atomic mass is 35.5. The summed E-state index contributed by atoms with van der Waals surface area (Å²) in [5.74, 6) is 0. The van der Waals surface area contributed by atoms with E-state index in [-0.39, 0.29) is 6.04 Å². The molecule has 0 bridgehead atoms. The Morgan fingerprint density at radius 3 is 2.19 bits per heavy atom. The van der Waals surface area contributed by atoms with E-state index in [1.54, 1.807) is 6.07 Å². The van der Waals surface area contributed by atoms with Gasteiger partial charge < -0.3 is 10.6 Å². The zero-order valence-corrected chi connectivity index (χ0v) is 14.0. The molecule has 0 aliphatic heterocycles. The average molecular weight is 323 g/mol. The van der Waals surface area contributed by atoms with Crippen molar-refractivity contribution in [3.63, 3.8) is 0 Å². The van der Waals surface area contributed by atoms with Gasteiger partial charge in [-0.05, 0) is 54.8 Å². The van der Waals surface area contributed by atoms with Gasteiger partial charge in [0.05, 0.1) is 6.04 Å². The number of anilines is 1. The van der Waals surface area contributed by atoms with Crippen LogP contribution in [0, 0.1) is 13.8 Å². The normalized spacial score (nSPS) is 12.3. The maximum atomic E-state index is 6.33. The zero-order valence-electron chi connectivity index (χ0n) is 12.5. The molecule has 2 nitrogen and oxygen atoms in total. The highest BCUT2D eigenvalue weighted by Crippen LogP contribution is 2.32. The Hall–Kier alpha value is -1.22. The maximum absolute atomic E-state index is 6.33. The summed E-state index contributed by atoms with van der Waals surface area (Å²) in [6.07, 6.45) is 0. The van der Waals surface area contributed by atoms with Gasteiger partial charge in [0.25, 0.3) is 0 Å². The van der Waals surface area contributed by atoms with Gasteiger partial charge in [-0.1, -0.05) is 35.3 Å². The Morgan fingerprint density at radius 1 is 1.05 bits per heavy atom. The van der Waals surface area contributed by atoms with Crippen molar-refractivity contribution in [1.82, 2.24) is 0 Å². The molecule has 2 aromatic rings. The molecule has 2 N–H and O–H groups in total. The Bertz CT molecular complexity index is 620. The molecule has 2 aromatic carbocycles. The molecule has 0 radical (unpaired) electrons. The van der Waals surface area contributed by atoms with E-state index in [1.807, 2.05) is 19.2 Å². The first-order valence-corrected chi connectivity index (χ1v) is 7.64. The van der Waals surface area contributed by atoms with Crippen LogP contribution in [-0.2, 0) is 0 Å². The summed E-state index contributed by atoms with van der Waals surface area (Å²) in [4.78, 5) is 2.16. The summed E-state index contributed by atoms with van der Waals surface area (Å²) in [6, 6.07) is 12.0. The number of likely N-dealkylation sites (N-methyl/N-ethyl adjacent to an activating group) is 1. The molecule has 0 saturated heterocycles. The Balaban J connectivity index is 2.40. The van der Waals surface area contributed by atoms with E-state index in [2.05, 4.69) is 36.9 Å². The fourth-order valence-corrected chi connectivity index (χ4v) is 3.13. The molecule has 1 atom stereocenters. The molecule has 0 heterocycles. The van der Waals surface area contributed by atoms with Gasteiger partial charge in [-0.2, -0.15) is 0 Å². The van der Waals surface area contributed by atoms with Crippen LogP contribution in [0.2, 0.25) is 10.0 Å². The summed E-state index contributed by atoms with van der Waals surface area (Å²) in [5, 5.41) is 1.28. The average Bonchev–Trinajstić information content (AvgIpc) is 2.40. The van der Waals surface area contributed by atoms with Crippen LogP contribution < -0.4 is 10.6 Å². The van der Waals surface area contributed by atoms with E-state index in [9.17, 15) is 0 Å². The zero-order chi connectivity index (χ0) is 15.6. The lowest BCUT2D eigenvalue weighted by atomic mass is 10.0. The first-order chi connectivity index (χ1) is 9.92. The van der Waals surface area contributed by atoms with Crippen molar-refractivity contribution in [3.8, 4) is 0 Å². The molecule has 1 unspecified atom stereocenters. The molecule has 0 aliphatic carbocycles. The van der Waals surface area contributed by atoms with E-state index in [4.69, 9.17) is 28.9 Å². The molecule has 0 saturated carbocycles. The highest BCUT2D eigenvalue weighted by molar-refractivity contribution is 6.35. The number of rotatable bonds is 4. The monoisotopic (exact) mass is 322 g/mol. The lowest BCUT2D eigenvalue weighted by Gasteiger charge is -2.30. The number of hydrogen-bond acceptors (Lipinski definition) is 2. The molecule has 0 fully saturated rings. The fourth-order valence-electron chi connectivity index (χ4n) is 2.60. The topological polar surface area (TPSA) is 29.3 Å². The first-order valence-electron chi connectivity index (χ1n) is 6.88. The summed E-state index contributed by atoms with van der Waals surface area (Å²) in [6.45, 7) is 4.67. The third-order valence-corrected chi connectivity index (χ3v) is 4.19. The Labute approximate surface area is 136 Å². The molecule has 112 valence electrons. The van der Waals surface area contributed by atoms with Gasteiger partial charge in [0.2, 0.25) is 0 Å². The van der Waals surface area contributed by atoms with Gasteiger partial charge in [0.15, 0.2) is 0 Å². The maximum Gasteiger partial charge on any atom is 0.0676 e. The van der Waals surface area contributed by atoms with Crippen molar-refractivity contribution in [2.45, 2.75) is 19.9 Å². The van der Waals surface area contributed by atoms with Crippen LogP contribution in [-0.4, -0.2) is 13.6 Å². The minimum atomic E-state index is 0.0102. The third kappa shape index (κ3) is 3.70. The summed E-state index contributed by atoms with van der Waals surface area (Å²) in [7, 11) is 2.04. The molecule has 21 heavy (non-hydrogen) atoms. The predicted molar refractivity (Wildman–Crippen MR) is 92.6 cm³/mol. The van der Waals surface area contributed by atoms with E-state index < -0.39 is 0 Å². The summed E-state index contributed by atoms with van der Waals surface area (Å²) >= 11 is 12.3. The van der Waals surface area contributed by atoms with E-state index >= 15 is 0 Å². The molecular weight excluding hydrogens is 303 g/mol. The Morgan fingerprint density at radius 2 is 1.67 bits per heavy atom. The van der Waals surface area contributed by atoms with E-state index in [1.165, 1.54) is 11.1 Å². The van der Waals surface area contributed by atoms with Crippen molar-refractivity contribution in [3.05, 3.63) is 63.1 Å². The van der Waals surface area contributed by atoms with Crippen molar-refractivity contribution < 1.29 is 0 Å². The summed E-state index contributed by atoms with van der Waals surface area (Å²) in [5.41, 5.74) is 10.6. The van der Waals surface area contributed by atoms with Gasteiger partial charge >= 0.3 is 0 Å². The number of aryl methyl sites for hydroxylation is 2.